The van der Waals surface area contributed by atoms with Crippen LogP contribution in [0.5, 0.6) is 0 Å². The molecule has 1 aromatic heterocycles. The number of hydrogen-bond acceptors (Lipinski definition) is 5. The van der Waals surface area contributed by atoms with E-state index in [0.29, 0.717) is 24.9 Å². The smallest absolute Gasteiger partial charge is 0.163 e. The molecule has 0 aromatic carbocycles. The zero-order valence-corrected chi connectivity index (χ0v) is 12.3. The van der Waals surface area contributed by atoms with Gasteiger partial charge in [-0.1, -0.05) is 6.92 Å². The predicted molar refractivity (Wildman–Crippen MR) is 72.3 cm³/mol. The van der Waals surface area contributed by atoms with Crippen LogP contribution in [-0.2, 0) is 21.5 Å². The molecule has 1 fully saturated rings. The lowest BCUT2D eigenvalue weighted by atomic mass is 9.93. The normalized spacial score (nSPS) is 18.8. The van der Waals surface area contributed by atoms with Crippen LogP contribution in [0.15, 0.2) is 4.47 Å². The van der Waals surface area contributed by atoms with Gasteiger partial charge in [0.05, 0.1) is 10.2 Å². The van der Waals surface area contributed by atoms with Crippen LogP contribution in [0.3, 0.4) is 0 Å². The number of aryl methyl sites for hydroxylation is 1. The van der Waals surface area contributed by atoms with Crippen molar-refractivity contribution in [3.8, 4) is 0 Å². The molecule has 0 atom stereocenters. The number of ether oxygens (including phenoxy) is 2. The fraction of sp³-hybridized carbons (Fsp3) is 0.667. The maximum atomic E-state index is 5.93. The van der Waals surface area contributed by atoms with E-state index in [-0.39, 0.29) is 0 Å². The van der Waals surface area contributed by atoms with Gasteiger partial charge >= 0.3 is 0 Å². The summed E-state index contributed by atoms with van der Waals surface area (Å²) in [5.74, 6) is 1.14. The van der Waals surface area contributed by atoms with E-state index in [4.69, 9.17) is 15.2 Å². The Morgan fingerprint density at radius 1 is 1.39 bits per heavy atom. The van der Waals surface area contributed by atoms with Crippen molar-refractivity contribution in [2.45, 2.75) is 31.8 Å². The molecule has 5 nitrogen and oxygen atoms in total. The van der Waals surface area contributed by atoms with E-state index in [1.165, 1.54) is 0 Å². The summed E-state index contributed by atoms with van der Waals surface area (Å²) in [4.78, 5) is 8.99. The van der Waals surface area contributed by atoms with Gasteiger partial charge in [0, 0.05) is 33.2 Å². The third-order valence-corrected chi connectivity index (χ3v) is 4.24. The molecule has 1 aliphatic heterocycles. The minimum Gasteiger partial charge on any atom is -0.383 e. The zero-order valence-electron chi connectivity index (χ0n) is 10.7. The van der Waals surface area contributed by atoms with Gasteiger partial charge in [-0.25, -0.2) is 9.97 Å². The van der Waals surface area contributed by atoms with Crippen LogP contribution in [0.1, 0.15) is 31.3 Å². The highest BCUT2D eigenvalue weighted by molar-refractivity contribution is 9.10. The lowest BCUT2D eigenvalue weighted by Crippen LogP contribution is -2.37. The number of anilines is 1. The summed E-state index contributed by atoms with van der Waals surface area (Å²) >= 11 is 3.42. The molecule has 2 N–H and O–H groups in total. The molecular weight excluding hydrogens is 298 g/mol. The zero-order chi connectivity index (χ0) is 13.2. The van der Waals surface area contributed by atoms with Gasteiger partial charge in [-0.3, -0.25) is 0 Å². The van der Waals surface area contributed by atoms with Gasteiger partial charge in [0.2, 0.25) is 0 Å². The predicted octanol–water partition coefficient (Wildman–Crippen LogP) is 2.04. The highest BCUT2D eigenvalue weighted by Gasteiger charge is 2.38. The molecule has 18 heavy (non-hydrogen) atoms. The van der Waals surface area contributed by atoms with E-state index in [9.17, 15) is 0 Å². The minimum absolute atomic E-state index is 0.461. The Morgan fingerprint density at radius 2 is 2.06 bits per heavy atom. The fourth-order valence-corrected chi connectivity index (χ4v) is 2.63. The number of hydrogen-bond donors (Lipinski definition) is 1. The minimum atomic E-state index is -0.461. The summed E-state index contributed by atoms with van der Waals surface area (Å²) in [6.07, 6.45) is 2.32. The average Bonchev–Trinajstić information content (AvgIpc) is 2.42. The molecule has 0 radical (unpaired) electrons. The quantitative estimate of drug-likeness (QED) is 0.924. The van der Waals surface area contributed by atoms with Crippen molar-refractivity contribution >= 4 is 21.7 Å². The van der Waals surface area contributed by atoms with Crippen LogP contribution in [0.2, 0.25) is 0 Å². The molecule has 0 spiro atoms. The summed E-state index contributed by atoms with van der Waals surface area (Å²) in [6, 6.07) is 0. The van der Waals surface area contributed by atoms with Crippen LogP contribution in [0.25, 0.3) is 0 Å². The Labute approximate surface area is 115 Å². The number of nitrogens with two attached hydrogens (primary N) is 1. The number of aromatic nitrogens is 2. The molecule has 0 unspecified atom stereocenters. The maximum absolute atomic E-state index is 5.93. The molecule has 0 aliphatic carbocycles. The number of rotatable bonds is 3. The van der Waals surface area contributed by atoms with Crippen LogP contribution < -0.4 is 5.73 Å². The first-order valence-corrected chi connectivity index (χ1v) is 6.87. The van der Waals surface area contributed by atoms with Crippen molar-refractivity contribution in [1.82, 2.24) is 9.97 Å². The van der Waals surface area contributed by atoms with E-state index >= 15 is 0 Å². The van der Waals surface area contributed by atoms with Gasteiger partial charge in [0.15, 0.2) is 5.82 Å². The molecule has 0 saturated carbocycles. The first-order valence-electron chi connectivity index (χ1n) is 6.08. The fourth-order valence-electron chi connectivity index (χ4n) is 2.17. The van der Waals surface area contributed by atoms with Crippen LogP contribution in [0.4, 0.5) is 5.82 Å². The van der Waals surface area contributed by atoms with Gasteiger partial charge in [-0.05, 0) is 22.4 Å². The van der Waals surface area contributed by atoms with E-state index in [2.05, 4.69) is 25.9 Å². The molecule has 0 bridgehead atoms. The molecule has 100 valence electrons. The van der Waals surface area contributed by atoms with Crippen molar-refractivity contribution in [3.63, 3.8) is 0 Å². The number of halogens is 1. The summed E-state index contributed by atoms with van der Waals surface area (Å²) < 4.78 is 11.9. The summed E-state index contributed by atoms with van der Waals surface area (Å²) in [6.45, 7) is 3.36. The van der Waals surface area contributed by atoms with Crippen molar-refractivity contribution < 1.29 is 9.47 Å². The Morgan fingerprint density at radius 3 is 2.61 bits per heavy atom. The van der Waals surface area contributed by atoms with Crippen molar-refractivity contribution in [2.75, 3.05) is 26.1 Å². The van der Waals surface area contributed by atoms with Crippen molar-refractivity contribution in [1.29, 1.82) is 0 Å². The lowest BCUT2D eigenvalue weighted by Gasteiger charge is -2.34. The van der Waals surface area contributed by atoms with E-state index in [0.717, 1.165) is 29.4 Å². The molecule has 0 amide bonds. The Hall–Kier alpha value is -0.720. The number of nitrogens with zero attached hydrogens (tertiary/aromatic N) is 2. The monoisotopic (exact) mass is 315 g/mol. The molecular formula is C12H18BrN3O2. The van der Waals surface area contributed by atoms with Crippen LogP contribution in [0, 0.1) is 0 Å². The van der Waals surface area contributed by atoms with Gasteiger partial charge in [-0.15, -0.1) is 0 Å². The standard InChI is InChI=1S/C12H18BrN3O2/c1-3-8-9(13)10(14)16-11(15-8)12(17-2)4-6-18-7-5-12/h3-7H2,1-2H3,(H2,14,15,16). The van der Waals surface area contributed by atoms with Crippen LogP contribution >= 0.6 is 15.9 Å². The van der Waals surface area contributed by atoms with Gasteiger partial charge < -0.3 is 15.2 Å². The molecule has 2 rings (SSSR count). The Balaban J connectivity index is 2.45. The van der Waals surface area contributed by atoms with Crippen molar-refractivity contribution in [3.05, 3.63) is 16.0 Å². The lowest BCUT2D eigenvalue weighted by molar-refractivity contribution is -0.1000. The molecule has 2 heterocycles. The third kappa shape index (κ3) is 2.37. The summed E-state index contributed by atoms with van der Waals surface area (Å²) in [5, 5.41) is 0. The SMILES string of the molecule is CCc1nc(C2(OC)CCOCC2)nc(N)c1Br. The molecule has 1 aromatic rings. The second kappa shape index (κ2) is 5.50. The third-order valence-electron chi connectivity index (χ3n) is 3.38. The first kappa shape index (κ1) is 13.7. The van der Waals surface area contributed by atoms with Gasteiger partial charge in [0.1, 0.15) is 11.4 Å². The Bertz CT molecular complexity index is 434. The average molecular weight is 316 g/mol. The molecule has 1 saturated heterocycles. The largest absolute Gasteiger partial charge is 0.383 e. The molecule has 6 heteroatoms. The van der Waals surface area contributed by atoms with E-state index in [1.807, 2.05) is 6.92 Å². The second-order valence-electron chi connectivity index (χ2n) is 4.36. The Kier molecular flexibility index (Phi) is 4.19. The van der Waals surface area contributed by atoms with Crippen LogP contribution in [-0.4, -0.2) is 30.3 Å². The summed E-state index contributed by atoms with van der Waals surface area (Å²) in [5.41, 5.74) is 6.39. The highest BCUT2D eigenvalue weighted by Crippen LogP contribution is 2.35. The first-order chi connectivity index (χ1) is 8.63. The highest BCUT2D eigenvalue weighted by atomic mass is 79.9. The van der Waals surface area contributed by atoms with Gasteiger partial charge in [0.25, 0.3) is 0 Å². The molecule has 1 aliphatic rings. The second-order valence-corrected chi connectivity index (χ2v) is 5.15. The topological polar surface area (TPSA) is 70.3 Å². The van der Waals surface area contributed by atoms with Gasteiger partial charge in [-0.2, -0.15) is 0 Å². The number of methoxy groups -OCH3 is 1. The number of nitrogen functional groups attached to an aromatic ring is 1. The van der Waals surface area contributed by atoms with E-state index < -0.39 is 5.60 Å². The summed E-state index contributed by atoms with van der Waals surface area (Å²) in [7, 11) is 1.69. The maximum Gasteiger partial charge on any atom is 0.163 e. The van der Waals surface area contributed by atoms with Crippen molar-refractivity contribution in [2.24, 2.45) is 0 Å². The van der Waals surface area contributed by atoms with E-state index in [1.54, 1.807) is 7.11 Å².